The number of aromatic nitrogens is 2. The molecule has 0 saturated carbocycles. The molecule has 23 heavy (non-hydrogen) atoms. The first-order valence-corrected chi connectivity index (χ1v) is 6.58. The lowest BCUT2D eigenvalue weighted by Gasteiger charge is -2.07. The number of benzene rings is 1. The molecule has 0 unspecified atom stereocenters. The average Bonchev–Trinajstić information content (AvgIpc) is 2.97. The first kappa shape index (κ1) is 19.0. The highest BCUT2D eigenvalue weighted by Gasteiger charge is 2.33. The molecule has 0 radical (unpaired) electrons. The summed E-state index contributed by atoms with van der Waals surface area (Å²) in [6, 6.07) is 7.14. The summed E-state index contributed by atoms with van der Waals surface area (Å²) in [7, 11) is 1.77. The van der Waals surface area contributed by atoms with Gasteiger partial charge in [0.2, 0.25) is 0 Å². The molecule has 0 atom stereocenters. The van der Waals surface area contributed by atoms with Crippen LogP contribution in [0.4, 0.5) is 13.2 Å². The molecule has 2 rings (SSSR count). The Balaban J connectivity index is 0.00000264. The Labute approximate surface area is 137 Å². The Morgan fingerprint density at radius 2 is 2.00 bits per heavy atom. The van der Waals surface area contributed by atoms with E-state index in [1.165, 1.54) is 12.3 Å². The Morgan fingerprint density at radius 3 is 2.61 bits per heavy atom. The van der Waals surface area contributed by atoms with Crippen molar-refractivity contribution in [3.8, 4) is 5.69 Å². The molecule has 1 aromatic heterocycles. The van der Waals surface area contributed by atoms with E-state index in [2.05, 4.69) is 15.7 Å². The van der Waals surface area contributed by atoms with Crippen LogP contribution < -0.4 is 10.6 Å². The van der Waals surface area contributed by atoms with Gasteiger partial charge in [0.1, 0.15) is 0 Å². The van der Waals surface area contributed by atoms with Gasteiger partial charge in [-0.25, -0.2) is 4.68 Å². The van der Waals surface area contributed by atoms with Gasteiger partial charge in [0.25, 0.3) is 5.91 Å². The quantitative estimate of drug-likeness (QED) is 0.815. The first-order chi connectivity index (χ1) is 10.4. The largest absolute Gasteiger partial charge is 0.435 e. The molecule has 0 aliphatic rings. The van der Waals surface area contributed by atoms with Crippen LogP contribution in [0, 0.1) is 0 Å². The van der Waals surface area contributed by atoms with Crippen molar-refractivity contribution in [3.05, 3.63) is 47.8 Å². The zero-order valence-corrected chi connectivity index (χ0v) is 13.0. The lowest BCUT2D eigenvalue weighted by molar-refractivity contribution is -0.141. The second-order valence-electron chi connectivity index (χ2n) is 4.55. The highest BCUT2D eigenvalue weighted by molar-refractivity contribution is 5.94. The summed E-state index contributed by atoms with van der Waals surface area (Å²) in [4.78, 5) is 11.9. The number of amides is 1. The van der Waals surface area contributed by atoms with Crippen LogP contribution in [0.3, 0.4) is 0 Å². The van der Waals surface area contributed by atoms with E-state index in [9.17, 15) is 18.0 Å². The van der Waals surface area contributed by atoms with E-state index < -0.39 is 11.9 Å². The Bertz CT molecular complexity index is 657. The normalized spacial score (nSPS) is 11.0. The molecular formula is C14H16ClF3N4O. The van der Waals surface area contributed by atoms with Crippen molar-refractivity contribution in [1.29, 1.82) is 0 Å². The van der Waals surface area contributed by atoms with Gasteiger partial charge in [-0.1, -0.05) is 6.07 Å². The minimum atomic E-state index is -4.49. The highest BCUT2D eigenvalue weighted by atomic mass is 35.5. The monoisotopic (exact) mass is 348 g/mol. The topological polar surface area (TPSA) is 58.9 Å². The molecule has 2 aromatic rings. The molecule has 0 aliphatic heterocycles. The number of carbonyl (C=O) groups is 1. The van der Waals surface area contributed by atoms with Crippen LogP contribution in [0.2, 0.25) is 0 Å². The molecule has 0 saturated heterocycles. The molecule has 1 aromatic carbocycles. The van der Waals surface area contributed by atoms with Crippen molar-refractivity contribution in [2.75, 3.05) is 20.1 Å². The van der Waals surface area contributed by atoms with Gasteiger partial charge in [-0.3, -0.25) is 4.79 Å². The standard InChI is InChI=1S/C14H15F3N4O.ClH/c1-18-6-7-19-13(22)10-3-2-4-11(9-10)21-8-5-12(20-21)14(15,16)17;/h2-5,8-9,18H,6-7H2,1H3,(H,19,22);1H. The highest BCUT2D eigenvalue weighted by Crippen LogP contribution is 2.27. The number of alkyl halides is 3. The molecule has 126 valence electrons. The smallest absolute Gasteiger partial charge is 0.351 e. The number of likely N-dealkylation sites (N-methyl/N-ethyl adjacent to an activating group) is 1. The van der Waals surface area contributed by atoms with Crippen molar-refractivity contribution in [2.45, 2.75) is 6.18 Å². The van der Waals surface area contributed by atoms with E-state index in [1.54, 1.807) is 25.2 Å². The van der Waals surface area contributed by atoms with Gasteiger partial charge in [-0.2, -0.15) is 18.3 Å². The fraction of sp³-hybridized carbons (Fsp3) is 0.286. The van der Waals surface area contributed by atoms with Gasteiger partial charge in [-0.15, -0.1) is 12.4 Å². The number of carbonyl (C=O) groups excluding carboxylic acids is 1. The van der Waals surface area contributed by atoms with Gasteiger partial charge >= 0.3 is 6.18 Å². The van der Waals surface area contributed by atoms with Gasteiger partial charge in [0, 0.05) is 24.8 Å². The van der Waals surface area contributed by atoms with Gasteiger partial charge in [-0.05, 0) is 31.3 Å². The zero-order chi connectivity index (χ0) is 16.2. The minimum Gasteiger partial charge on any atom is -0.351 e. The lowest BCUT2D eigenvalue weighted by atomic mass is 10.2. The van der Waals surface area contributed by atoms with Crippen molar-refractivity contribution < 1.29 is 18.0 Å². The van der Waals surface area contributed by atoms with Crippen LogP contribution >= 0.6 is 12.4 Å². The van der Waals surface area contributed by atoms with Crippen LogP contribution in [0.1, 0.15) is 16.1 Å². The van der Waals surface area contributed by atoms with Crippen molar-refractivity contribution in [2.24, 2.45) is 0 Å². The van der Waals surface area contributed by atoms with Crippen molar-refractivity contribution in [1.82, 2.24) is 20.4 Å². The Kier molecular flexibility index (Phi) is 6.59. The number of nitrogens with zero attached hydrogens (tertiary/aromatic N) is 2. The van der Waals surface area contributed by atoms with E-state index in [0.717, 1.165) is 10.7 Å². The third-order valence-corrected chi connectivity index (χ3v) is 2.91. The number of nitrogens with one attached hydrogen (secondary N) is 2. The maximum absolute atomic E-state index is 12.6. The van der Waals surface area contributed by atoms with Crippen molar-refractivity contribution in [3.63, 3.8) is 0 Å². The molecule has 0 aliphatic carbocycles. The second-order valence-corrected chi connectivity index (χ2v) is 4.55. The van der Waals surface area contributed by atoms with Crippen LogP contribution in [0.5, 0.6) is 0 Å². The first-order valence-electron chi connectivity index (χ1n) is 6.58. The van der Waals surface area contributed by atoms with E-state index in [4.69, 9.17) is 0 Å². The van der Waals surface area contributed by atoms with Gasteiger partial charge in [0.05, 0.1) is 5.69 Å². The predicted octanol–water partition coefficient (Wildman–Crippen LogP) is 2.26. The van der Waals surface area contributed by atoms with E-state index in [1.807, 2.05) is 0 Å². The molecule has 0 spiro atoms. The third-order valence-electron chi connectivity index (χ3n) is 2.91. The molecule has 1 amide bonds. The summed E-state index contributed by atoms with van der Waals surface area (Å²) in [6.45, 7) is 1.08. The molecule has 2 N–H and O–H groups in total. The summed E-state index contributed by atoms with van der Waals surface area (Å²) in [5, 5.41) is 9.07. The summed E-state index contributed by atoms with van der Waals surface area (Å²) in [6.07, 6.45) is -3.28. The summed E-state index contributed by atoms with van der Waals surface area (Å²) >= 11 is 0. The molecule has 0 fully saturated rings. The number of hydrogen-bond donors (Lipinski definition) is 2. The van der Waals surface area contributed by atoms with E-state index in [-0.39, 0.29) is 18.3 Å². The molecule has 9 heteroatoms. The van der Waals surface area contributed by atoms with Gasteiger partial charge in [0.15, 0.2) is 5.69 Å². The molecule has 0 bridgehead atoms. The third kappa shape index (κ3) is 4.97. The maximum Gasteiger partial charge on any atom is 0.435 e. The number of rotatable bonds is 5. The maximum atomic E-state index is 12.6. The SMILES string of the molecule is CNCCNC(=O)c1cccc(-n2ccc(C(F)(F)F)n2)c1.Cl. The Hall–Kier alpha value is -2.06. The van der Waals surface area contributed by atoms with Gasteiger partial charge < -0.3 is 10.6 Å². The fourth-order valence-corrected chi connectivity index (χ4v) is 1.81. The average molecular weight is 349 g/mol. The van der Waals surface area contributed by atoms with Crippen molar-refractivity contribution >= 4 is 18.3 Å². The van der Waals surface area contributed by atoms with Crippen LogP contribution in [0.15, 0.2) is 36.5 Å². The second kappa shape index (κ2) is 7.98. The number of hydrogen-bond acceptors (Lipinski definition) is 3. The van der Waals surface area contributed by atoms with E-state index in [0.29, 0.717) is 24.3 Å². The van der Waals surface area contributed by atoms with Crippen LogP contribution in [0.25, 0.3) is 5.69 Å². The van der Waals surface area contributed by atoms with Crippen LogP contribution in [-0.4, -0.2) is 35.8 Å². The lowest BCUT2D eigenvalue weighted by Crippen LogP contribution is -2.30. The fourth-order valence-electron chi connectivity index (χ4n) is 1.81. The van der Waals surface area contributed by atoms with Crippen LogP contribution in [-0.2, 0) is 6.18 Å². The number of halogens is 4. The minimum absolute atomic E-state index is 0. The summed E-state index contributed by atoms with van der Waals surface area (Å²) in [5.74, 6) is -0.291. The molecule has 5 nitrogen and oxygen atoms in total. The van der Waals surface area contributed by atoms with E-state index >= 15 is 0 Å². The molecular weight excluding hydrogens is 333 g/mol. The molecule has 1 heterocycles. The predicted molar refractivity (Wildman–Crippen MR) is 82.1 cm³/mol. The summed E-state index contributed by atoms with van der Waals surface area (Å²) in [5.41, 5.74) is -0.231. The zero-order valence-electron chi connectivity index (χ0n) is 12.2. The Morgan fingerprint density at radius 1 is 1.26 bits per heavy atom. The summed E-state index contributed by atoms with van der Waals surface area (Å²) < 4.78 is 38.7.